The van der Waals surface area contributed by atoms with Crippen LogP contribution in [0.2, 0.25) is 0 Å². The van der Waals surface area contributed by atoms with Gasteiger partial charge in [0.15, 0.2) is 11.5 Å². The molecule has 0 bridgehead atoms. The van der Waals surface area contributed by atoms with Crippen molar-refractivity contribution in [1.82, 2.24) is 14.9 Å². The summed E-state index contributed by atoms with van der Waals surface area (Å²) in [5.41, 5.74) is 2.35. The molecule has 0 amide bonds. The summed E-state index contributed by atoms with van der Waals surface area (Å²) < 4.78 is 13.2. The van der Waals surface area contributed by atoms with Crippen LogP contribution in [0.5, 0.6) is 11.5 Å². The first kappa shape index (κ1) is 13.0. The predicted octanol–water partition coefficient (Wildman–Crippen LogP) is 2.04. The number of imidazole rings is 1. The molecule has 20 heavy (non-hydrogen) atoms. The number of nitrogens with zero attached hydrogens (tertiary/aromatic N) is 2. The van der Waals surface area contributed by atoms with E-state index in [4.69, 9.17) is 9.47 Å². The van der Waals surface area contributed by atoms with Crippen LogP contribution in [0.25, 0.3) is 0 Å². The number of aromatic nitrogens is 2. The first-order valence-corrected chi connectivity index (χ1v) is 6.82. The summed E-state index contributed by atoms with van der Waals surface area (Å²) in [4.78, 5) is 4.12. The molecule has 0 saturated carbocycles. The molecule has 5 heteroatoms. The van der Waals surface area contributed by atoms with Gasteiger partial charge in [0.2, 0.25) is 0 Å². The van der Waals surface area contributed by atoms with Gasteiger partial charge in [-0.3, -0.25) is 0 Å². The molecular weight excluding hydrogens is 254 g/mol. The number of rotatable bonds is 4. The Morgan fingerprint density at radius 2 is 2.10 bits per heavy atom. The average molecular weight is 273 g/mol. The van der Waals surface area contributed by atoms with Crippen molar-refractivity contribution in [3.63, 3.8) is 0 Å². The first-order chi connectivity index (χ1) is 9.74. The predicted molar refractivity (Wildman–Crippen MR) is 75.9 cm³/mol. The van der Waals surface area contributed by atoms with Crippen LogP contribution in [0, 0.1) is 0 Å². The van der Waals surface area contributed by atoms with Gasteiger partial charge in [0, 0.05) is 25.8 Å². The van der Waals surface area contributed by atoms with E-state index in [9.17, 15) is 0 Å². The minimum absolute atomic E-state index is 0.237. The normalized spacial score (nSPS) is 15.1. The van der Waals surface area contributed by atoms with Gasteiger partial charge in [-0.25, -0.2) is 4.98 Å². The van der Waals surface area contributed by atoms with Gasteiger partial charge >= 0.3 is 0 Å². The van der Waals surface area contributed by atoms with Crippen LogP contribution < -0.4 is 14.8 Å². The summed E-state index contributed by atoms with van der Waals surface area (Å²) >= 11 is 0. The molecule has 3 rings (SSSR count). The van der Waals surface area contributed by atoms with E-state index in [1.807, 2.05) is 30.2 Å². The van der Waals surface area contributed by atoms with Crippen molar-refractivity contribution in [3.8, 4) is 11.5 Å². The number of fused-ring (bicyclic) bond motifs is 1. The van der Waals surface area contributed by atoms with Crippen molar-refractivity contribution >= 4 is 0 Å². The van der Waals surface area contributed by atoms with Crippen LogP contribution in [0.15, 0.2) is 30.7 Å². The standard InChI is InChI=1S/C15H19N3O2/c1-11(17-9-13-8-16-10-18(13)2)12-3-4-14-15(7-12)20-6-5-19-14/h3-4,7-8,10-11,17H,5-6,9H2,1-2H3/t11-/m0/s1. The second kappa shape index (κ2) is 5.54. The summed E-state index contributed by atoms with van der Waals surface area (Å²) in [5, 5.41) is 3.49. The summed E-state index contributed by atoms with van der Waals surface area (Å²) in [6.45, 7) is 4.17. The highest BCUT2D eigenvalue weighted by Crippen LogP contribution is 2.32. The SMILES string of the molecule is C[C@H](NCc1cncn1C)c1ccc2c(c1)OCCO2. The lowest BCUT2D eigenvalue weighted by Crippen LogP contribution is -2.20. The van der Waals surface area contributed by atoms with Crippen LogP contribution in [0.3, 0.4) is 0 Å². The van der Waals surface area contributed by atoms with Gasteiger partial charge in [-0.05, 0) is 24.6 Å². The maximum absolute atomic E-state index is 5.62. The zero-order chi connectivity index (χ0) is 13.9. The smallest absolute Gasteiger partial charge is 0.161 e. The highest BCUT2D eigenvalue weighted by atomic mass is 16.6. The Hall–Kier alpha value is -2.01. The van der Waals surface area contributed by atoms with Gasteiger partial charge in [0.1, 0.15) is 13.2 Å². The van der Waals surface area contributed by atoms with Gasteiger partial charge in [-0.1, -0.05) is 6.07 Å². The van der Waals surface area contributed by atoms with Gasteiger partial charge in [0.05, 0.1) is 12.0 Å². The number of nitrogens with one attached hydrogen (secondary N) is 1. The molecule has 1 atom stereocenters. The molecule has 0 unspecified atom stereocenters. The molecule has 0 radical (unpaired) electrons. The third-order valence-corrected chi connectivity index (χ3v) is 3.57. The molecule has 1 N–H and O–H groups in total. The first-order valence-electron chi connectivity index (χ1n) is 6.82. The van der Waals surface area contributed by atoms with Crippen molar-refractivity contribution in [2.75, 3.05) is 13.2 Å². The summed E-state index contributed by atoms with van der Waals surface area (Å²) in [6, 6.07) is 6.34. The maximum atomic E-state index is 5.62. The Bertz CT molecular complexity index is 595. The lowest BCUT2D eigenvalue weighted by atomic mass is 10.1. The monoisotopic (exact) mass is 273 g/mol. The molecule has 0 spiro atoms. The van der Waals surface area contributed by atoms with E-state index in [2.05, 4.69) is 29.4 Å². The lowest BCUT2D eigenvalue weighted by molar-refractivity contribution is 0.171. The van der Waals surface area contributed by atoms with Crippen LogP contribution >= 0.6 is 0 Å². The minimum Gasteiger partial charge on any atom is -0.486 e. The maximum Gasteiger partial charge on any atom is 0.161 e. The fourth-order valence-electron chi connectivity index (χ4n) is 2.26. The highest BCUT2D eigenvalue weighted by molar-refractivity contribution is 5.44. The van der Waals surface area contributed by atoms with E-state index in [-0.39, 0.29) is 6.04 Å². The second-order valence-corrected chi connectivity index (χ2v) is 5.00. The topological polar surface area (TPSA) is 48.3 Å². The average Bonchev–Trinajstić information content (AvgIpc) is 2.89. The molecule has 106 valence electrons. The van der Waals surface area contributed by atoms with Crippen molar-refractivity contribution in [2.24, 2.45) is 7.05 Å². The summed E-state index contributed by atoms with van der Waals surface area (Å²) in [5.74, 6) is 1.67. The zero-order valence-corrected chi connectivity index (χ0v) is 11.8. The second-order valence-electron chi connectivity index (χ2n) is 5.00. The molecule has 5 nitrogen and oxygen atoms in total. The number of aryl methyl sites for hydroxylation is 1. The largest absolute Gasteiger partial charge is 0.486 e. The van der Waals surface area contributed by atoms with Crippen molar-refractivity contribution < 1.29 is 9.47 Å². The molecule has 0 saturated heterocycles. The Kier molecular flexibility index (Phi) is 3.60. The van der Waals surface area contributed by atoms with Gasteiger partial charge < -0.3 is 19.4 Å². The van der Waals surface area contributed by atoms with E-state index >= 15 is 0 Å². The van der Waals surface area contributed by atoms with Gasteiger partial charge in [-0.2, -0.15) is 0 Å². The Morgan fingerprint density at radius 3 is 2.85 bits per heavy atom. The Balaban J connectivity index is 1.67. The van der Waals surface area contributed by atoms with Crippen molar-refractivity contribution in [2.45, 2.75) is 19.5 Å². The van der Waals surface area contributed by atoms with Crippen LogP contribution in [0.4, 0.5) is 0 Å². The molecular formula is C15H19N3O2. The van der Waals surface area contributed by atoms with E-state index in [1.54, 1.807) is 0 Å². The zero-order valence-electron chi connectivity index (χ0n) is 11.8. The molecule has 2 aromatic rings. The number of benzene rings is 1. The van der Waals surface area contributed by atoms with E-state index in [1.165, 1.54) is 5.56 Å². The van der Waals surface area contributed by atoms with E-state index in [0.717, 1.165) is 23.7 Å². The van der Waals surface area contributed by atoms with E-state index < -0.39 is 0 Å². The molecule has 1 aliphatic rings. The molecule has 0 aliphatic carbocycles. The van der Waals surface area contributed by atoms with Crippen molar-refractivity contribution in [1.29, 1.82) is 0 Å². The fourth-order valence-corrected chi connectivity index (χ4v) is 2.26. The van der Waals surface area contributed by atoms with Gasteiger partial charge in [-0.15, -0.1) is 0 Å². The molecule has 1 aromatic carbocycles. The molecule has 1 aromatic heterocycles. The molecule has 0 fully saturated rings. The molecule has 2 heterocycles. The Morgan fingerprint density at radius 1 is 1.30 bits per heavy atom. The van der Waals surface area contributed by atoms with Crippen molar-refractivity contribution in [3.05, 3.63) is 42.0 Å². The van der Waals surface area contributed by atoms with Crippen LogP contribution in [-0.2, 0) is 13.6 Å². The minimum atomic E-state index is 0.237. The summed E-state index contributed by atoms with van der Waals surface area (Å²) in [6.07, 6.45) is 3.69. The highest BCUT2D eigenvalue weighted by Gasteiger charge is 2.14. The number of hydrogen-bond acceptors (Lipinski definition) is 4. The molecule has 1 aliphatic heterocycles. The Labute approximate surface area is 118 Å². The third kappa shape index (κ3) is 2.63. The van der Waals surface area contributed by atoms with Crippen LogP contribution in [-0.4, -0.2) is 22.8 Å². The lowest BCUT2D eigenvalue weighted by Gasteiger charge is -2.21. The quantitative estimate of drug-likeness (QED) is 0.926. The number of ether oxygens (including phenoxy) is 2. The fraction of sp³-hybridized carbons (Fsp3) is 0.400. The van der Waals surface area contributed by atoms with Gasteiger partial charge in [0.25, 0.3) is 0 Å². The third-order valence-electron chi connectivity index (χ3n) is 3.57. The summed E-state index contributed by atoms with van der Waals surface area (Å²) in [7, 11) is 2.00. The van der Waals surface area contributed by atoms with E-state index in [0.29, 0.717) is 13.2 Å². The number of hydrogen-bond donors (Lipinski definition) is 1. The van der Waals surface area contributed by atoms with Crippen LogP contribution in [0.1, 0.15) is 24.2 Å².